The van der Waals surface area contributed by atoms with Crippen molar-refractivity contribution in [1.82, 2.24) is 10.1 Å². The van der Waals surface area contributed by atoms with Gasteiger partial charge in [0.1, 0.15) is 11.5 Å². The number of rotatable bonds is 9. The topological polar surface area (TPSA) is 83.7 Å². The number of carbonyl (C=O) groups excluding carboxylic acids is 1. The first kappa shape index (κ1) is 19.7. The van der Waals surface area contributed by atoms with Gasteiger partial charge in [-0.25, -0.2) is 0 Å². The van der Waals surface area contributed by atoms with Gasteiger partial charge in [0.15, 0.2) is 6.61 Å². The molecule has 3 aromatic rings. The normalized spacial score (nSPS) is 10.5. The Morgan fingerprint density at radius 3 is 2.39 bits per heavy atom. The lowest BCUT2D eigenvalue weighted by Crippen LogP contribution is -2.10. The summed E-state index contributed by atoms with van der Waals surface area (Å²) in [5.74, 6) is 1.62. The molecule has 0 unspecified atom stereocenters. The number of benzene rings is 2. The summed E-state index contributed by atoms with van der Waals surface area (Å²) < 4.78 is 21.1. The first-order chi connectivity index (χ1) is 13.6. The third kappa shape index (κ3) is 5.72. The van der Waals surface area contributed by atoms with Crippen LogP contribution in [0.3, 0.4) is 0 Å². The van der Waals surface area contributed by atoms with E-state index >= 15 is 0 Å². The molecule has 8 heteroatoms. The van der Waals surface area contributed by atoms with Crippen LogP contribution in [0.5, 0.6) is 11.5 Å². The number of ether oxygens (including phenoxy) is 3. The molecule has 146 valence electrons. The van der Waals surface area contributed by atoms with Crippen molar-refractivity contribution in [3.63, 3.8) is 0 Å². The van der Waals surface area contributed by atoms with Crippen molar-refractivity contribution >= 4 is 17.6 Å². The van der Waals surface area contributed by atoms with Crippen molar-refractivity contribution in [1.29, 1.82) is 0 Å². The van der Waals surface area contributed by atoms with Crippen LogP contribution in [0.25, 0.3) is 11.4 Å². The Kier molecular flexibility index (Phi) is 6.86. The standard InChI is InChI=1S/C20H19ClN2O5/c1-2-25-16-7-9-17(10-8-16)26-12-11-19(24)27-13-18-22-20(23-28-18)14-3-5-15(21)6-4-14/h3-10H,2,11-13H2,1H3. The summed E-state index contributed by atoms with van der Waals surface area (Å²) in [4.78, 5) is 16.0. The molecule has 0 aliphatic carbocycles. The Balaban J connectivity index is 1.40. The minimum Gasteiger partial charge on any atom is -0.494 e. The molecule has 7 nitrogen and oxygen atoms in total. The molecule has 0 spiro atoms. The fourth-order valence-corrected chi connectivity index (χ4v) is 2.42. The number of aromatic nitrogens is 2. The second kappa shape index (κ2) is 9.75. The second-order valence-electron chi connectivity index (χ2n) is 5.68. The monoisotopic (exact) mass is 402 g/mol. The van der Waals surface area contributed by atoms with Crippen molar-refractivity contribution in [2.75, 3.05) is 13.2 Å². The third-order valence-corrected chi connectivity index (χ3v) is 3.89. The Hall–Kier alpha value is -3.06. The predicted octanol–water partition coefficient (Wildman–Crippen LogP) is 4.30. The van der Waals surface area contributed by atoms with E-state index in [9.17, 15) is 4.79 Å². The van der Waals surface area contributed by atoms with Gasteiger partial charge in [0.2, 0.25) is 5.82 Å². The second-order valence-corrected chi connectivity index (χ2v) is 6.12. The molecule has 0 saturated carbocycles. The van der Waals surface area contributed by atoms with Crippen LogP contribution in [-0.2, 0) is 16.1 Å². The SMILES string of the molecule is CCOc1ccc(OCCC(=O)OCc2nc(-c3ccc(Cl)cc3)no2)cc1. The Morgan fingerprint density at radius 2 is 1.71 bits per heavy atom. The Labute approximate surface area is 167 Å². The van der Waals surface area contributed by atoms with E-state index in [1.54, 1.807) is 36.4 Å². The molecule has 0 radical (unpaired) electrons. The Morgan fingerprint density at radius 1 is 1.04 bits per heavy atom. The summed E-state index contributed by atoms with van der Waals surface area (Å²) in [5.41, 5.74) is 0.759. The molecule has 0 N–H and O–H groups in total. The van der Waals surface area contributed by atoms with Crippen LogP contribution in [0.4, 0.5) is 0 Å². The van der Waals surface area contributed by atoms with Gasteiger partial charge in [0, 0.05) is 10.6 Å². The molecule has 0 aliphatic heterocycles. The largest absolute Gasteiger partial charge is 0.494 e. The van der Waals surface area contributed by atoms with Gasteiger partial charge in [-0.15, -0.1) is 0 Å². The summed E-state index contributed by atoms with van der Waals surface area (Å²) >= 11 is 5.85. The van der Waals surface area contributed by atoms with Crippen LogP contribution in [0.1, 0.15) is 19.2 Å². The zero-order valence-electron chi connectivity index (χ0n) is 15.3. The number of hydrogen-bond donors (Lipinski definition) is 0. The zero-order chi connectivity index (χ0) is 19.8. The average molecular weight is 403 g/mol. The highest BCUT2D eigenvalue weighted by atomic mass is 35.5. The van der Waals surface area contributed by atoms with Crippen LogP contribution in [0, 0.1) is 0 Å². The van der Waals surface area contributed by atoms with Crippen LogP contribution < -0.4 is 9.47 Å². The fourth-order valence-electron chi connectivity index (χ4n) is 2.30. The van der Waals surface area contributed by atoms with E-state index in [4.69, 9.17) is 30.3 Å². The molecule has 1 aromatic heterocycles. The predicted molar refractivity (Wildman–Crippen MR) is 102 cm³/mol. The number of hydrogen-bond acceptors (Lipinski definition) is 7. The van der Waals surface area contributed by atoms with Gasteiger partial charge in [-0.3, -0.25) is 4.79 Å². The highest BCUT2D eigenvalue weighted by Crippen LogP contribution is 2.19. The summed E-state index contributed by atoms with van der Waals surface area (Å²) in [6.07, 6.45) is 0.103. The van der Waals surface area contributed by atoms with Crippen molar-refractivity contribution in [2.24, 2.45) is 0 Å². The smallest absolute Gasteiger partial charge is 0.309 e. The van der Waals surface area contributed by atoms with E-state index < -0.39 is 5.97 Å². The van der Waals surface area contributed by atoms with Crippen LogP contribution in [0.2, 0.25) is 5.02 Å². The minimum absolute atomic E-state index is 0.0948. The molecule has 0 fully saturated rings. The van der Waals surface area contributed by atoms with Gasteiger partial charge in [-0.05, 0) is 55.5 Å². The fraction of sp³-hybridized carbons (Fsp3) is 0.250. The maximum atomic E-state index is 11.8. The molecule has 0 amide bonds. The first-order valence-corrected chi connectivity index (χ1v) is 9.11. The van der Waals surface area contributed by atoms with E-state index in [1.807, 2.05) is 19.1 Å². The van der Waals surface area contributed by atoms with Gasteiger partial charge in [0.05, 0.1) is 19.6 Å². The van der Waals surface area contributed by atoms with Gasteiger partial charge in [0.25, 0.3) is 5.89 Å². The van der Waals surface area contributed by atoms with Gasteiger partial charge in [-0.1, -0.05) is 16.8 Å². The van der Waals surface area contributed by atoms with Crippen molar-refractivity contribution < 1.29 is 23.5 Å². The van der Waals surface area contributed by atoms with Crippen molar-refractivity contribution in [2.45, 2.75) is 20.0 Å². The summed E-state index contributed by atoms with van der Waals surface area (Å²) in [6.45, 7) is 2.63. The summed E-state index contributed by atoms with van der Waals surface area (Å²) in [7, 11) is 0. The number of esters is 1. The van der Waals surface area contributed by atoms with Gasteiger partial charge < -0.3 is 18.7 Å². The third-order valence-electron chi connectivity index (χ3n) is 3.64. The quantitative estimate of drug-likeness (QED) is 0.493. The van der Waals surface area contributed by atoms with Crippen molar-refractivity contribution in [3.05, 3.63) is 59.4 Å². The van der Waals surface area contributed by atoms with E-state index in [2.05, 4.69) is 10.1 Å². The molecule has 0 aliphatic rings. The van der Waals surface area contributed by atoms with Crippen LogP contribution in [-0.4, -0.2) is 29.3 Å². The molecule has 28 heavy (non-hydrogen) atoms. The molecule has 3 rings (SSSR count). The van der Waals surface area contributed by atoms with Gasteiger partial charge >= 0.3 is 5.97 Å². The highest BCUT2D eigenvalue weighted by Gasteiger charge is 2.11. The van der Waals surface area contributed by atoms with Crippen LogP contribution >= 0.6 is 11.6 Å². The number of halogens is 1. The average Bonchev–Trinajstić information content (AvgIpc) is 3.18. The van der Waals surface area contributed by atoms with Crippen LogP contribution in [0.15, 0.2) is 53.1 Å². The Bertz CT molecular complexity index is 894. The lowest BCUT2D eigenvalue weighted by Gasteiger charge is -2.07. The first-order valence-electron chi connectivity index (χ1n) is 8.74. The molecule has 0 saturated heterocycles. The molecule has 0 bridgehead atoms. The zero-order valence-corrected chi connectivity index (χ0v) is 16.0. The molecular formula is C20H19ClN2O5. The van der Waals surface area contributed by atoms with E-state index in [-0.39, 0.29) is 25.5 Å². The molecule has 2 aromatic carbocycles. The van der Waals surface area contributed by atoms with E-state index in [1.165, 1.54) is 0 Å². The molecule has 0 atom stereocenters. The molecular weight excluding hydrogens is 384 g/mol. The van der Waals surface area contributed by atoms with Gasteiger partial charge in [-0.2, -0.15) is 4.98 Å². The lowest BCUT2D eigenvalue weighted by atomic mass is 10.2. The lowest BCUT2D eigenvalue weighted by molar-refractivity contribution is -0.146. The molecule has 1 heterocycles. The number of carbonyl (C=O) groups is 1. The van der Waals surface area contributed by atoms with Crippen molar-refractivity contribution in [3.8, 4) is 22.9 Å². The minimum atomic E-state index is -0.419. The summed E-state index contributed by atoms with van der Waals surface area (Å²) in [6, 6.07) is 14.2. The number of nitrogens with zero attached hydrogens (tertiary/aromatic N) is 2. The highest BCUT2D eigenvalue weighted by molar-refractivity contribution is 6.30. The van der Waals surface area contributed by atoms with E-state index in [0.29, 0.717) is 23.2 Å². The maximum Gasteiger partial charge on any atom is 0.309 e. The van der Waals surface area contributed by atoms with E-state index in [0.717, 1.165) is 11.3 Å². The summed E-state index contributed by atoms with van der Waals surface area (Å²) in [5, 5.41) is 4.48. The maximum absolute atomic E-state index is 11.8.